The summed E-state index contributed by atoms with van der Waals surface area (Å²) < 4.78 is 0. The lowest BCUT2D eigenvalue weighted by atomic mass is 10.1. The third-order valence-electron chi connectivity index (χ3n) is 3.58. The average Bonchev–Trinajstić information content (AvgIpc) is 2.38. The monoisotopic (exact) mass is 282 g/mol. The molecule has 0 spiro atoms. The van der Waals surface area contributed by atoms with Gasteiger partial charge < -0.3 is 10.0 Å². The molecule has 0 aliphatic carbocycles. The van der Waals surface area contributed by atoms with Gasteiger partial charge in [-0.1, -0.05) is 17.7 Å². The molecule has 1 aromatic carbocycles. The van der Waals surface area contributed by atoms with Crippen molar-refractivity contribution >= 4 is 23.3 Å². The van der Waals surface area contributed by atoms with Crippen molar-refractivity contribution in [1.82, 2.24) is 4.90 Å². The summed E-state index contributed by atoms with van der Waals surface area (Å²) in [6, 6.07) is 5.56. The Labute approximate surface area is 118 Å². The fourth-order valence-corrected chi connectivity index (χ4v) is 2.77. The van der Waals surface area contributed by atoms with Crippen LogP contribution >= 0.6 is 11.6 Å². The maximum absolute atomic E-state index is 11.3. The van der Waals surface area contributed by atoms with Crippen LogP contribution in [0.15, 0.2) is 18.2 Å². The van der Waals surface area contributed by atoms with E-state index in [0.29, 0.717) is 16.8 Å². The molecular formula is C14H19ClN2O2. The predicted molar refractivity (Wildman–Crippen MR) is 77.3 cm³/mol. The van der Waals surface area contributed by atoms with Gasteiger partial charge in [-0.15, -0.1) is 0 Å². The summed E-state index contributed by atoms with van der Waals surface area (Å²) in [7, 11) is 0. The molecule has 1 aliphatic rings. The molecule has 0 atom stereocenters. The molecular weight excluding hydrogens is 264 g/mol. The minimum atomic E-state index is -0.927. The zero-order chi connectivity index (χ0) is 14.0. The number of benzene rings is 1. The van der Waals surface area contributed by atoms with Gasteiger partial charge in [-0.05, 0) is 26.0 Å². The van der Waals surface area contributed by atoms with E-state index >= 15 is 0 Å². The Morgan fingerprint density at radius 1 is 1.26 bits per heavy atom. The van der Waals surface area contributed by atoms with Gasteiger partial charge in [0.2, 0.25) is 0 Å². The second-order valence-corrected chi connectivity index (χ2v) is 5.47. The lowest BCUT2D eigenvalue weighted by Crippen LogP contribution is -2.49. The molecule has 0 amide bonds. The number of carboxylic acid groups (broad SMARTS) is 1. The third kappa shape index (κ3) is 3.01. The van der Waals surface area contributed by atoms with Gasteiger partial charge in [0.1, 0.15) is 0 Å². The van der Waals surface area contributed by atoms with Crippen molar-refractivity contribution in [3.8, 4) is 0 Å². The van der Waals surface area contributed by atoms with Crippen LogP contribution in [-0.2, 0) is 0 Å². The number of halogens is 1. The molecule has 0 bridgehead atoms. The van der Waals surface area contributed by atoms with E-state index in [1.165, 1.54) is 0 Å². The molecule has 0 aromatic heterocycles. The largest absolute Gasteiger partial charge is 0.478 e. The maximum Gasteiger partial charge on any atom is 0.337 e. The number of carboxylic acids is 1. The first-order valence-corrected chi connectivity index (χ1v) is 6.89. The van der Waals surface area contributed by atoms with Gasteiger partial charge in [0.25, 0.3) is 0 Å². The van der Waals surface area contributed by atoms with Gasteiger partial charge in [-0.3, -0.25) is 4.90 Å². The summed E-state index contributed by atoms with van der Waals surface area (Å²) in [6.07, 6.45) is 0. The molecule has 1 aromatic rings. The van der Waals surface area contributed by atoms with Gasteiger partial charge in [0.05, 0.1) is 16.3 Å². The summed E-state index contributed by atoms with van der Waals surface area (Å²) in [4.78, 5) is 15.8. The summed E-state index contributed by atoms with van der Waals surface area (Å²) in [5, 5.41) is 9.78. The van der Waals surface area contributed by atoms with Crippen molar-refractivity contribution in [2.45, 2.75) is 19.9 Å². The highest BCUT2D eigenvalue weighted by Crippen LogP contribution is 2.31. The standard InChI is InChI=1S/C14H19ClN2O2/c1-10(2)16-6-8-17(9-7-16)13-11(14(18)19)4-3-5-12(13)15/h3-5,10H,6-9H2,1-2H3,(H,18,19). The van der Waals surface area contributed by atoms with Gasteiger partial charge in [-0.25, -0.2) is 4.79 Å². The van der Waals surface area contributed by atoms with Crippen LogP contribution in [0.2, 0.25) is 5.02 Å². The number of hydrogen-bond donors (Lipinski definition) is 1. The summed E-state index contributed by atoms with van der Waals surface area (Å²) >= 11 is 6.19. The molecule has 1 saturated heterocycles. The van der Waals surface area contributed by atoms with Crippen LogP contribution in [0.25, 0.3) is 0 Å². The first-order chi connectivity index (χ1) is 9.00. The number of carbonyl (C=O) groups is 1. The lowest BCUT2D eigenvalue weighted by Gasteiger charge is -2.38. The highest BCUT2D eigenvalue weighted by Gasteiger charge is 2.24. The molecule has 1 aliphatic heterocycles. The van der Waals surface area contributed by atoms with Crippen molar-refractivity contribution in [1.29, 1.82) is 0 Å². The molecule has 0 saturated carbocycles. The van der Waals surface area contributed by atoms with E-state index in [1.807, 2.05) is 0 Å². The minimum Gasteiger partial charge on any atom is -0.478 e. The Bertz CT molecular complexity index is 469. The normalized spacial score (nSPS) is 16.9. The Hall–Kier alpha value is -1.26. The molecule has 4 nitrogen and oxygen atoms in total. The Morgan fingerprint density at radius 2 is 1.89 bits per heavy atom. The van der Waals surface area contributed by atoms with Gasteiger partial charge in [-0.2, -0.15) is 0 Å². The second kappa shape index (κ2) is 5.80. The second-order valence-electron chi connectivity index (χ2n) is 5.06. The van der Waals surface area contributed by atoms with Crippen molar-refractivity contribution in [2.24, 2.45) is 0 Å². The van der Waals surface area contributed by atoms with E-state index in [-0.39, 0.29) is 5.56 Å². The number of nitrogens with zero attached hydrogens (tertiary/aromatic N) is 2. The fraction of sp³-hybridized carbons (Fsp3) is 0.500. The molecule has 5 heteroatoms. The zero-order valence-corrected chi connectivity index (χ0v) is 12.0. The average molecular weight is 283 g/mol. The van der Waals surface area contributed by atoms with Gasteiger partial charge in [0.15, 0.2) is 0 Å². The van der Waals surface area contributed by atoms with Gasteiger partial charge in [0, 0.05) is 32.2 Å². The van der Waals surface area contributed by atoms with Crippen LogP contribution in [0.4, 0.5) is 5.69 Å². The first kappa shape index (κ1) is 14.2. The molecule has 19 heavy (non-hydrogen) atoms. The zero-order valence-electron chi connectivity index (χ0n) is 11.3. The van der Waals surface area contributed by atoms with Crippen molar-refractivity contribution in [2.75, 3.05) is 31.1 Å². The topological polar surface area (TPSA) is 43.8 Å². The first-order valence-electron chi connectivity index (χ1n) is 6.51. The number of aromatic carboxylic acids is 1. The van der Waals surface area contributed by atoms with Crippen LogP contribution in [0, 0.1) is 0 Å². The van der Waals surface area contributed by atoms with Crippen LogP contribution in [0.3, 0.4) is 0 Å². The number of hydrogen-bond acceptors (Lipinski definition) is 3. The van der Waals surface area contributed by atoms with Crippen molar-refractivity contribution in [3.05, 3.63) is 28.8 Å². The highest BCUT2D eigenvalue weighted by molar-refractivity contribution is 6.34. The van der Waals surface area contributed by atoms with Crippen LogP contribution in [0.1, 0.15) is 24.2 Å². The molecule has 0 radical (unpaired) electrons. The number of rotatable bonds is 3. The fourth-order valence-electron chi connectivity index (χ4n) is 2.47. The highest BCUT2D eigenvalue weighted by atomic mass is 35.5. The Balaban J connectivity index is 2.22. The van der Waals surface area contributed by atoms with E-state index in [9.17, 15) is 9.90 Å². The quantitative estimate of drug-likeness (QED) is 0.925. The van der Waals surface area contributed by atoms with Crippen LogP contribution in [0.5, 0.6) is 0 Å². The van der Waals surface area contributed by atoms with E-state index in [0.717, 1.165) is 26.2 Å². The Morgan fingerprint density at radius 3 is 2.42 bits per heavy atom. The molecule has 104 valence electrons. The third-order valence-corrected chi connectivity index (χ3v) is 3.88. The molecule has 2 rings (SSSR count). The molecule has 1 N–H and O–H groups in total. The SMILES string of the molecule is CC(C)N1CCN(c2c(Cl)cccc2C(=O)O)CC1. The number of anilines is 1. The van der Waals surface area contributed by atoms with E-state index < -0.39 is 5.97 Å². The maximum atomic E-state index is 11.3. The number of para-hydroxylation sites is 1. The van der Waals surface area contributed by atoms with E-state index in [1.54, 1.807) is 18.2 Å². The van der Waals surface area contributed by atoms with E-state index in [2.05, 4.69) is 23.6 Å². The van der Waals surface area contributed by atoms with Crippen molar-refractivity contribution in [3.63, 3.8) is 0 Å². The summed E-state index contributed by atoms with van der Waals surface area (Å²) in [5.74, 6) is -0.927. The van der Waals surface area contributed by atoms with Gasteiger partial charge >= 0.3 is 5.97 Å². The summed E-state index contributed by atoms with van der Waals surface area (Å²) in [5.41, 5.74) is 0.936. The van der Waals surface area contributed by atoms with Crippen LogP contribution in [-0.4, -0.2) is 48.2 Å². The van der Waals surface area contributed by atoms with E-state index in [4.69, 9.17) is 11.6 Å². The smallest absolute Gasteiger partial charge is 0.337 e. The lowest BCUT2D eigenvalue weighted by molar-refractivity contribution is 0.0697. The van der Waals surface area contributed by atoms with Crippen LogP contribution < -0.4 is 4.90 Å². The molecule has 1 heterocycles. The predicted octanol–water partition coefficient (Wildman–Crippen LogP) is 2.57. The molecule has 0 unspecified atom stereocenters. The molecule has 1 fully saturated rings. The van der Waals surface area contributed by atoms with Crippen molar-refractivity contribution < 1.29 is 9.90 Å². The summed E-state index contributed by atoms with van der Waals surface area (Å²) in [6.45, 7) is 7.83. The number of piperazine rings is 1. The Kier molecular flexibility index (Phi) is 4.32. The minimum absolute atomic E-state index is 0.283.